The molecule has 37 heavy (non-hydrogen) atoms. The van der Waals surface area contributed by atoms with Crippen molar-refractivity contribution in [1.29, 1.82) is 5.26 Å². The van der Waals surface area contributed by atoms with Crippen molar-refractivity contribution in [3.63, 3.8) is 0 Å². The molecule has 0 aliphatic carbocycles. The van der Waals surface area contributed by atoms with E-state index in [2.05, 4.69) is 6.07 Å². The molecule has 2 aromatic heterocycles. The van der Waals surface area contributed by atoms with Gasteiger partial charge in [-0.2, -0.15) is 26.4 Å². The van der Waals surface area contributed by atoms with E-state index in [1.807, 2.05) is 64.4 Å². The first kappa shape index (κ1) is 25.0. The zero-order valence-electron chi connectivity index (χ0n) is 21.0. The number of likely N-dealkylation sites (tertiary alicyclic amines) is 1. The van der Waals surface area contributed by atoms with Crippen LogP contribution in [0, 0.1) is 11.3 Å². The molecule has 192 valence electrons. The van der Waals surface area contributed by atoms with Crippen molar-refractivity contribution in [3.05, 3.63) is 69.5 Å². The van der Waals surface area contributed by atoms with Gasteiger partial charge in [-0.15, -0.1) is 0 Å². The molecule has 3 aromatic rings. The predicted octanol–water partition coefficient (Wildman–Crippen LogP) is 3.77. The fourth-order valence-corrected chi connectivity index (χ4v) is 5.87. The SMILES string of the molecule is CC1C(c2nn(C(=O)c3ccsc3)c(N(C)Cc3ccccc3)c2C#N)CCN1C(=O)N1CCOCC1. The lowest BCUT2D eigenvalue weighted by Gasteiger charge is -2.33. The molecule has 9 nitrogen and oxygen atoms in total. The van der Waals surface area contributed by atoms with Gasteiger partial charge in [0.05, 0.1) is 24.5 Å². The van der Waals surface area contributed by atoms with Gasteiger partial charge in [0.1, 0.15) is 11.6 Å². The topological polar surface area (TPSA) is 94.7 Å². The summed E-state index contributed by atoms with van der Waals surface area (Å²) in [6.07, 6.45) is 0.678. The Bertz CT molecular complexity index is 1290. The highest BCUT2D eigenvalue weighted by molar-refractivity contribution is 7.08. The maximum absolute atomic E-state index is 13.5. The third kappa shape index (κ3) is 4.84. The Kier molecular flexibility index (Phi) is 7.26. The van der Waals surface area contributed by atoms with Gasteiger partial charge in [-0.25, -0.2) is 4.79 Å². The zero-order valence-corrected chi connectivity index (χ0v) is 21.9. The highest BCUT2D eigenvalue weighted by Crippen LogP contribution is 2.38. The van der Waals surface area contributed by atoms with Crippen LogP contribution >= 0.6 is 11.3 Å². The molecule has 10 heteroatoms. The average molecular weight is 519 g/mol. The van der Waals surface area contributed by atoms with E-state index in [1.54, 1.807) is 11.4 Å². The number of anilines is 1. The Morgan fingerprint density at radius 1 is 1.19 bits per heavy atom. The summed E-state index contributed by atoms with van der Waals surface area (Å²) in [5.74, 6) is 0.0496. The second-order valence-corrected chi connectivity index (χ2v) is 10.3. The Morgan fingerprint density at radius 2 is 1.95 bits per heavy atom. The number of ether oxygens (including phenoxy) is 1. The molecule has 2 atom stereocenters. The molecular weight excluding hydrogens is 488 g/mol. The van der Waals surface area contributed by atoms with Gasteiger partial charge in [0.25, 0.3) is 5.91 Å². The molecule has 0 spiro atoms. The smallest absolute Gasteiger partial charge is 0.320 e. The summed E-state index contributed by atoms with van der Waals surface area (Å²) in [7, 11) is 1.87. The first-order chi connectivity index (χ1) is 18.0. The minimum atomic E-state index is -0.272. The van der Waals surface area contributed by atoms with Gasteiger partial charge >= 0.3 is 6.03 Å². The molecule has 0 saturated carbocycles. The molecule has 2 unspecified atom stereocenters. The number of nitrogens with zero attached hydrogens (tertiary/aromatic N) is 6. The number of hydrogen-bond donors (Lipinski definition) is 0. The first-order valence-corrected chi connectivity index (χ1v) is 13.4. The Morgan fingerprint density at radius 3 is 2.62 bits per heavy atom. The highest BCUT2D eigenvalue weighted by atomic mass is 32.1. The van der Waals surface area contributed by atoms with Crippen molar-refractivity contribution in [2.45, 2.75) is 31.8 Å². The van der Waals surface area contributed by atoms with Crippen LogP contribution < -0.4 is 4.90 Å². The van der Waals surface area contributed by atoms with Crippen molar-refractivity contribution >= 4 is 29.1 Å². The molecule has 2 aliphatic rings. The minimum absolute atomic E-state index is 0.00740. The van der Waals surface area contributed by atoms with E-state index >= 15 is 0 Å². The minimum Gasteiger partial charge on any atom is -0.378 e. The zero-order chi connectivity index (χ0) is 25.9. The Labute approximate surface area is 220 Å². The lowest BCUT2D eigenvalue weighted by molar-refractivity contribution is 0.0425. The second kappa shape index (κ2) is 10.7. The van der Waals surface area contributed by atoms with Gasteiger partial charge in [-0.3, -0.25) is 4.79 Å². The van der Waals surface area contributed by atoms with Gasteiger partial charge in [-0.05, 0) is 30.4 Å². The molecule has 2 amide bonds. The van der Waals surface area contributed by atoms with Gasteiger partial charge in [0.15, 0.2) is 5.82 Å². The number of urea groups is 1. The maximum Gasteiger partial charge on any atom is 0.320 e. The van der Waals surface area contributed by atoms with E-state index in [-0.39, 0.29) is 23.9 Å². The van der Waals surface area contributed by atoms with Crippen LogP contribution in [0.1, 0.15) is 46.4 Å². The normalized spacial score (nSPS) is 19.6. The maximum atomic E-state index is 13.5. The molecule has 5 rings (SSSR count). The van der Waals surface area contributed by atoms with Crippen LogP contribution in [-0.2, 0) is 11.3 Å². The van der Waals surface area contributed by atoms with Crippen LogP contribution in [0.15, 0.2) is 47.2 Å². The fourth-order valence-electron chi connectivity index (χ4n) is 5.24. The molecule has 0 bridgehead atoms. The van der Waals surface area contributed by atoms with Gasteiger partial charge < -0.3 is 19.4 Å². The Hall–Kier alpha value is -3.68. The third-order valence-corrected chi connectivity index (χ3v) is 7.90. The molecule has 1 aromatic carbocycles. The first-order valence-electron chi connectivity index (χ1n) is 12.5. The predicted molar refractivity (Wildman–Crippen MR) is 141 cm³/mol. The molecule has 0 radical (unpaired) electrons. The quantitative estimate of drug-likeness (QED) is 0.510. The van der Waals surface area contributed by atoms with Crippen LogP contribution in [-0.4, -0.2) is 77.5 Å². The summed E-state index contributed by atoms with van der Waals surface area (Å²) in [4.78, 5) is 32.4. The summed E-state index contributed by atoms with van der Waals surface area (Å²) in [6, 6.07) is 13.9. The molecule has 2 fully saturated rings. The number of nitriles is 1. The van der Waals surface area contributed by atoms with Crippen LogP contribution in [0.25, 0.3) is 0 Å². The van der Waals surface area contributed by atoms with E-state index in [9.17, 15) is 14.9 Å². The monoisotopic (exact) mass is 518 g/mol. The summed E-state index contributed by atoms with van der Waals surface area (Å²) in [5.41, 5.74) is 2.55. The van der Waals surface area contributed by atoms with E-state index in [4.69, 9.17) is 9.84 Å². The number of carbonyl (C=O) groups excluding carboxylic acids is 2. The average Bonchev–Trinajstić information content (AvgIpc) is 3.67. The van der Waals surface area contributed by atoms with E-state index < -0.39 is 0 Å². The van der Waals surface area contributed by atoms with Gasteiger partial charge in [0, 0.05) is 50.6 Å². The van der Waals surface area contributed by atoms with Crippen molar-refractivity contribution in [3.8, 4) is 6.07 Å². The molecular formula is C27H30N6O3S. The van der Waals surface area contributed by atoms with Crippen molar-refractivity contribution in [1.82, 2.24) is 19.6 Å². The molecule has 2 saturated heterocycles. The standard InChI is InChI=1S/C27H30N6O3S/c1-19-22(8-10-32(19)27(35)31-11-13-36-14-12-31)24-23(16-28)25(30(2)17-20-6-4-3-5-7-20)33(29-24)26(34)21-9-15-37-18-21/h3-7,9,15,18-19,22H,8,10-14,17H2,1-2H3. The lowest BCUT2D eigenvalue weighted by atomic mass is 9.95. The van der Waals surface area contributed by atoms with Crippen molar-refractivity contribution in [2.24, 2.45) is 0 Å². The lowest BCUT2D eigenvalue weighted by Crippen LogP contribution is -2.49. The third-order valence-electron chi connectivity index (χ3n) is 7.22. The number of aromatic nitrogens is 2. The number of morpholine rings is 1. The number of thiophene rings is 1. The molecule has 2 aliphatic heterocycles. The van der Waals surface area contributed by atoms with E-state index in [0.717, 1.165) is 5.56 Å². The van der Waals surface area contributed by atoms with Crippen molar-refractivity contribution < 1.29 is 14.3 Å². The van der Waals surface area contributed by atoms with Crippen LogP contribution in [0.5, 0.6) is 0 Å². The number of carbonyl (C=O) groups is 2. The summed E-state index contributed by atoms with van der Waals surface area (Å²) >= 11 is 1.44. The Balaban J connectivity index is 1.50. The second-order valence-electron chi connectivity index (χ2n) is 9.48. The number of rotatable bonds is 5. The molecule has 4 heterocycles. The van der Waals surface area contributed by atoms with Crippen LogP contribution in [0.3, 0.4) is 0 Å². The summed E-state index contributed by atoms with van der Waals surface area (Å²) in [6.45, 7) is 5.34. The van der Waals surface area contributed by atoms with Crippen LogP contribution in [0.4, 0.5) is 10.6 Å². The number of amides is 2. The van der Waals surface area contributed by atoms with Gasteiger partial charge in [-0.1, -0.05) is 30.3 Å². The van der Waals surface area contributed by atoms with Gasteiger partial charge in [0.2, 0.25) is 0 Å². The fraction of sp³-hybridized carbons (Fsp3) is 0.407. The summed E-state index contributed by atoms with van der Waals surface area (Å²) < 4.78 is 6.77. The van der Waals surface area contributed by atoms with E-state index in [1.165, 1.54) is 16.0 Å². The number of benzene rings is 1. The number of hydrogen-bond acceptors (Lipinski definition) is 7. The largest absolute Gasteiger partial charge is 0.378 e. The molecule has 0 N–H and O–H groups in total. The van der Waals surface area contributed by atoms with Crippen molar-refractivity contribution in [2.75, 3.05) is 44.8 Å². The summed E-state index contributed by atoms with van der Waals surface area (Å²) in [5, 5.41) is 18.7. The van der Waals surface area contributed by atoms with E-state index in [0.29, 0.717) is 68.5 Å². The van der Waals surface area contributed by atoms with Crippen LogP contribution in [0.2, 0.25) is 0 Å². The highest BCUT2D eigenvalue weighted by Gasteiger charge is 2.41.